The molecule has 2 unspecified atom stereocenters. The fraction of sp³-hybridized carbons (Fsp3) is 0.296. The molecule has 7 nitrogen and oxygen atoms in total. The molecule has 1 aromatic heterocycles. The van der Waals surface area contributed by atoms with Crippen LogP contribution in [-0.4, -0.2) is 47.2 Å². The van der Waals surface area contributed by atoms with Crippen molar-refractivity contribution in [1.29, 1.82) is 0 Å². The average Bonchev–Trinajstić information content (AvgIpc) is 3.61. The molecular weight excluding hydrogens is 464 g/mol. The monoisotopic (exact) mass is 490 g/mol. The molecule has 1 saturated heterocycles. The molecule has 2 N–H and O–H groups in total. The Morgan fingerprint density at radius 2 is 1.71 bits per heavy atom. The van der Waals surface area contributed by atoms with Crippen molar-refractivity contribution in [3.63, 3.8) is 0 Å². The number of carboxylic acid groups (broad SMARTS) is 1. The second-order valence-corrected chi connectivity index (χ2v) is 9.80. The quantitative estimate of drug-likeness (QED) is 0.496. The third-order valence-corrected chi connectivity index (χ3v) is 7.69. The summed E-state index contributed by atoms with van der Waals surface area (Å²) in [7, 11) is 0. The third kappa shape index (κ3) is 4.66. The van der Waals surface area contributed by atoms with Crippen LogP contribution in [0.25, 0.3) is 11.1 Å². The molecule has 0 saturated carbocycles. The number of nitrogens with zero attached hydrogens (tertiary/aromatic N) is 1. The van der Waals surface area contributed by atoms with Crippen molar-refractivity contribution in [1.82, 2.24) is 10.2 Å². The van der Waals surface area contributed by atoms with Crippen LogP contribution < -0.4 is 5.32 Å². The minimum absolute atomic E-state index is 0.0926. The molecule has 1 aliphatic carbocycles. The molecule has 2 aliphatic rings. The van der Waals surface area contributed by atoms with E-state index in [1.165, 1.54) is 0 Å². The van der Waals surface area contributed by atoms with Gasteiger partial charge in [-0.15, -0.1) is 11.3 Å². The summed E-state index contributed by atoms with van der Waals surface area (Å²) in [5.41, 5.74) is 4.39. The van der Waals surface area contributed by atoms with Crippen molar-refractivity contribution in [2.24, 2.45) is 0 Å². The second kappa shape index (κ2) is 9.92. The zero-order chi connectivity index (χ0) is 24.4. The summed E-state index contributed by atoms with van der Waals surface area (Å²) in [6, 6.07) is 18.7. The molecule has 8 heteroatoms. The molecule has 2 amide bonds. The number of carbonyl (C=O) groups excluding carboxylic acids is 2. The molecule has 2 heterocycles. The summed E-state index contributed by atoms with van der Waals surface area (Å²) >= 11 is 1.57. The maximum absolute atomic E-state index is 13.3. The van der Waals surface area contributed by atoms with E-state index in [0.29, 0.717) is 6.54 Å². The van der Waals surface area contributed by atoms with E-state index in [1.54, 1.807) is 16.2 Å². The highest BCUT2D eigenvalue weighted by molar-refractivity contribution is 7.10. The van der Waals surface area contributed by atoms with Crippen LogP contribution in [0.2, 0.25) is 0 Å². The zero-order valence-electron chi connectivity index (χ0n) is 19.1. The maximum atomic E-state index is 13.3. The molecule has 0 bridgehead atoms. The third-order valence-electron chi connectivity index (χ3n) is 6.72. The summed E-state index contributed by atoms with van der Waals surface area (Å²) in [6.07, 6.45) is 0.352. The van der Waals surface area contributed by atoms with E-state index >= 15 is 0 Å². The fourth-order valence-corrected chi connectivity index (χ4v) is 6.04. The number of likely N-dealkylation sites (tertiary alicyclic amines) is 1. The molecule has 2 atom stereocenters. The fourth-order valence-electron chi connectivity index (χ4n) is 5.16. The summed E-state index contributed by atoms with van der Waals surface area (Å²) in [6.45, 7) is 0.624. The zero-order valence-corrected chi connectivity index (χ0v) is 19.9. The van der Waals surface area contributed by atoms with Crippen molar-refractivity contribution < 1.29 is 24.2 Å². The van der Waals surface area contributed by atoms with Gasteiger partial charge in [0.05, 0.1) is 12.5 Å². The van der Waals surface area contributed by atoms with Gasteiger partial charge in [0.25, 0.3) is 0 Å². The van der Waals surface area contributed by atoms with Gasteiger partial charge in [-0.2, -0.15) is 0 Å². The number of fused-ring (bicyclic) bond motifs is 3. The normalized spacial score (nSPS) is 17.5. The van der Waals surface area contributed by atoms with Crippen LogP contribution in [0.4, 0.5) is 4.79 Å². The van der Waals surface area contributed by atoms with E-state index in [9.17, 15) is 19.5 Å². The first-order valence-corrected chi connectivity index (χ1v) is 12.6. The highest BCUT2D eigenvalue weighted by atomic mass is 32.1. The number of carbonyl (C=O) groups is 3. The molecule has 2 aromatic carbocycles. The first-order chi connectivity index (χ1) is 17.0. The summed E-state index contributed by atoms with van der Waals surface area (Å²) in [5.74, 6) is -1.67. The average molecular weight is 491 g/mol. The minimum Gasteiger partial charge on any atom is -0.481 e. The van der Waals surface area contributed by atoms with Crippen LogP contribution in [0, 0.1) is 0 Å². The Kier molecular flexibility index (Phi) is 6.55. The molecule has 5 rings (SSSR count). The van der Waals surface area contributed by atoms with Crippen LogP contribution in [0.5, 0.6) is 0 Å². The largest absolute Gasteiger partial charge is 0.481 e. The summed E-state index contributed by atoms with van der Waals surface area (Å²) in [5, 5.41) is 13.9. The number of ether oxygens (including phenoxy) is 1. The lowest BCUT2D eigenvalue weighted by Gasteiger charge is -2.28. The standard InChI is InChI=1S/C27H26N2O5S/c30-25(31)15-22(26(32)29-13-5-11-23(29)24-12-6-14-35-24)28-27(33)34-16-21-19-9-3-1-7-17(19)18-8-2-4-10-20(18)21/h1-4,6-10,12,14,21-23H,5,11,13,15-16H2,(H,28,33)(H,30,31). The van der Waals surface area contributed by atoms with Gasteiger partial charge in [-0.3, -0.25) is 9.59 Å². The van der Waals surface area contributed by atoms with Crippen molar-refractivity contribution in [2.45, 2.75) is 37.3 Å². The van der Waals surface area contributed by atoms with E-state index in [2.05, 4.69) is 17.4 Å². The highest BCUT2D eigenvalue weighted by Gasteiger charge is 2.37. The van der Waals surface area contributed by atoms with E-state index < -0.39 is 30.4 Å². The van der Waals surface area contributed by atoms with Gasteiger partial charge in [0.15, 0.2) is 0 Å². The lowest BCUT2D eigenvalue weighted by atomic mass is 9.98. The van der Waals surface area contributed by atoms with Gasteiger partial charge in [-0.1, -0.05) is 54.6 Å². The number of thiophene rings is 1. The molecule has 1 aliphatic heterocycles. The number of aliphatic carboxylic acids is 1. The van der Waals surface area contributed by atoms with Crippen molar-refractivity contribution >= 4 is 29.3 Å². The van der Waals surface area contributed by atoms with Gasteiger partial charge in [0.2, 0.25) is 5.91 Å². The lowest BCUT2D eigenvalue weighted by molar-refractivity contribution is -0.143. The van der Waals surface area contributed by atoms with Gasteiger partial charge in [0.1, 0.15) is 12.6 Å². The molecule has 1 fully saturated rings. The lowest BCUT2D eigenvalue weighted by Crippen LogP contribution is -2.49. The number of hydrogen-bond donors (Lipinski definition) is 2. The Bertz CT molecular complexity index is 1200. The smallest absolute Gasteiger partial charge is 0.407 e. The van der Waals surface area contributed by atoms with E-state index in [0.717, 1.165) is 40.0 Å². The SMILES string of the molecule is O=C(O)CC(NC(=O)OCC1c2ccccc2-c2ccccc21)C(=O)N1CCCC1c1cccs1. The predicted octanol–water partition coefficient (Wildman–Crippen LogP) is 4.79. The number of rotatable bonds is 7. The first kappa shape index (κ1) is 23.1. The van der Waals surface area contributed by atoms with Gasteiger partial charge >= 0.3 is 12.1 Å². The minimum atomic E-state index is -1.19. The Morgan fingerprint density at radius 1 is 1.03 bits per heavy atom. The van der Waals surface area contributed by atoms with Crippen molar-refractivity contribution in [2.75, 3.05) is 13.2 Å². The van der Waals surface area contributed by atoms with Crippen LogP contribution in [-0.2, 0) is 14.3 Å². The van der Waals surface area contributed by atoms with Crippen LogP contribution >= 0.6 is 11.3 Å². The summed E-state index contributed by atoms with van der Waals surface area (Å²) < 4.78 is 5.55. The number of hydrogen-bond acceptors (Lipinski definition) is 5. The van der Waals surface area contributed by atoms with Crippen molar-refractivity contribution in [3.05, 3.63) is 82.0 Å². The first-order valence-electron chi connectivity index (χ1n) is 11.7. The molecule has 35 heavy (non-hydrogen) atoms. The molecule has 0 radical (unpaired) electrons. The number of nitrogens with one attached hydrogen (secondary N) is 1. The van der Waals surface area contributed by atoms with Gasteiger partial charge in [-0.25, -0.2) is 4.79 Å². The van der Waals surface area contributed by atoms with Crippen LogP contribution in [0.15, 0.2) is 66.0 Å². The predicted molar refractivity (Wildman–Crippen MR) is 132 cm³/mol. The van der Waals surface area contributed by atoms with Crippen molar-refractivity contribution in [3.8, 4) is 11.1 Å². The maximum Gasteiger partial charge on any atom is 0.407 e. The van der Waals surface area contributed by atoms with E-state index in [-0.39, 0.29) is 18.6 Å². The number of benzene rings is 2. The number of carboxylic acids is 1. The molecule has 3 aromatic rings. The van der Waals surface area contributed by atoms with E-state index in [4.69, 9.17) is 4.74 Å². The highest BCUT2D eigenvalue weighted by Crippen LogP contribution is 2.44. The van der Waals surface area contributed by atoms with Gasteiger partial charge < -0.3 is 20.1 Å². The van der Waals surface area contributed by atoms with Gasteiger partial charge in [0, 0.05) is 17.3 Å². The van der Waals surface area contributed by atoms with Gasteiger partial charge in [-0.05, 0) is 46.5 Å². The second-order valence-electron chi connectivity index (χ2n) is 8.83. The van der Waals surface area contributed by atoms with Crippen LogP contribution in [0.3, 0.4) is 0 Å². The Hall–Kier alpha value is -3.65. The Labute approximate surface area is 207 Å². The molecule has 180 valence electrons. The molecule has 0 spiro atoms. The molecular formula is C27H26N2O5S. The Balaban J connectivity index is 1.28. The summed E-state index contributed by atoms with van der Waals surface area (Å²) in [4.78, 5) is 40.3. The van der Waals surface area contributed by atoms with E-state index in [1.807, 2.05) is 53.9 Å². The van der Waals surface area contributed by atoms with Crippen LogP contribution in [0.1, 0.15) is 47.2 Å². The topological polar surface area (TPSA) is 95.9 Å². The number of alkyl carbamates (subject to hydrolysis) is 1. The number of amides is 2. The Morgan fingerprint density at radius 3 is 2.34 bits per heavy atom.